The van der Waals surface area contributed by atoms with E-state index in [1.165, 1.54) is 83.5 Å². The number of rotatable bonds is 28. The number of hydrogen-bond donors (Lipinski definition) is 1. The Morgan fingerprint density at radius 3 is 1.03 bits per heavy atom. The fraction of sp³-hybridized carbons (Fsp3) is 0.967. The average molecular weight is 552 g/mol. The summed E-state index contributed by atoms with van der Waals surface area (Å²) in [4.78, 5) is 10.3. The van der Waals surface area contributed by atoms with Crippen molar-refractivity contribution in [3.05, 3.63) is 0 Å². The van der Waals surface area contributed by atoms with E-state index in [1.54, 1.807) is 0 Å². The van der Waals surface area contributed by atoms with E-state index < -0.39 is 25.0 Å². The summed E-state index contributed by atoms with van der Waals surface area (Å²) >= 11 is -2.10. The van der Waals surface area contributed by atoms with Crippen molar-refractivity contribution in [2.24, 2.45) is 0 Å². The molecule has 6 heteroatoms. The van der Waals surface area contributed by atoms with Gasteiger partial charge in [0.2, 0.25) is 0 Å². The second-order valence-corrected chi connectivity index (χ2v) is 12.1. The quantitative estimate of drug-likeness (QED) is 0.0774. The van der Waals surface area contributed by atoms with Crippen LogP contribution in [0.2, 0.25) is 0 Å². The summed E-state index contributed by atoms with van der Waals surface area (Å²) in [7, 11) is 0. The van der Waals surface area contributed by atoms with Crippen LogP contribution in [0.4, 0.5) is 0 Å². The molecule has 0 aromatic carbocycles. The standard InChI is InChI=1S/C18H36O2.3C4H9O.Ti/c1-2-3-4-5-6-7-8-9-10-11-12-13-14-15-16-17-18(19)20;3*1-2-3-4-5;/h2-17H2,1H3,(H,19,20);3*2-4H2,1H3;/q;3*-1;+3. The molecule has 0 saturated carbocycles. The average Bonchev–Trinajstić information content (AvgIpc) is 2.86. The topological polar surface area (TPSA) is 65.0 Å². The van der Waals surface area contributed by atoms with Gasteiger partial charge in [-0.2, -0.15) is 0 Å². The van der Waals surface area contributed by atoms with Gasteiger partial charge in [-0.05, 0) is 6.42 Å². The summed E-state index contributed by atoms with van der Waals surface area (Å²) in [6.07, 6.45) is 27.0. The van der Waals surface area contributed by atoms with Crippen molar-refractivity contribution in [2.75, 3.05) is 19.8 Å². The maximum absolute atomic E-state index is 10.3. The van der Waals surface area contributed by atoms with Gasteiger partial charge in [-0.15, -0.1) is 0 Å². The Morgan fingerprint density at radius 2 is 0.750 bits per heavy atom. The first-order valence-corrected chi connectivity index (χ1v) is 17.5. The van der Waals surface area contributed by atoms with E-state index in [9.17, 15) is 4.79 Å². The predicted octanol–water partition coefficient (Wildman–Crippen LogP) is 10.1. The first-order valence-electron chi connectivity index (χ1n) is 15.6. The molecule has 0 saturated heterocycles. The maximum atomic E-state index is 10.3. The molecule has 0 heterocycles. The van der Waals surface area contributed by atoms with Gasteiger partial charge in [0.05, 0.1) is 0 Å². The first kappa shape index (κ1) is 38.2. The van der Waals surface area contributed by atoms with Crippen molar-refractivity contribution in [1.82, 2.24) is 0 Å². The molecule has 0 radical (unpaired) electrons. The van der Waals surface area contributed by atoms with Crippen molar-refractivity contribution < 1.29 is 38.9 Å². The van der Waals surface area contributed by atoms with Crippen LogP contribution in [-0.2, 0) is 33.8 Å². The second kappa shape index (κ2) is 35.1. The molecule has 1 N–H and O–H groups in total. The van der Waals surface area contributed by atoms with E-state index in [1.807, 2.05) is 0 Å². The van der Waals surface area contributed by atoms with Gasteiger partial charge in [0, 0.05) is 6.42 Å². The van der Waals surface area contributed by atoms with Crippen LogP contribution in [0.3, 0.4) is 0 Å². The van der Waals surface area contributed by atoms with Crippen molar-refractivity contribution in [3.8, 4) is 0 Å². The van der Waals surface area contributed by atoms with Gasteiger partial charge >= 0.3 is 114 Å². The number of hydrogen-bond acceptors (Lipinski definition) is 4. The van der Waals surface area contributed by atoms with Crippen LogP contribution in [0.25, 0.3) is 0 Å². The Bertz CT molecular complexity index is 385. The fourth-order valence-corrected chi connectivity index (χ4v) is 5.52. The van der Waals surface area contributed by atoms with Crippen molar-refractivity contribution in [2.45, 2.75) is 169 Å². The van der Waals surface area contributed by atoms with Gasteiger partial charge < -0.3 is 5.11 Å². The Kier molecular flexibility index (Phi) is 37.2. The number of carboxylic acid groups (broad SMARTS) is 1. The number of carbonyl (C=O) groups is 1. The number of aliphatic carboxylic acids is 1. The summed E-state index contributed by atoms with van der Waals surface area (Å²) in [6.45, 7) is 11.2. The third-order valence-corrected chi connectivity index (χ3v) is 8.21. The first-order chi connectivity index (χ1) is 17.6. The van der Waals surface area contributed by atoms with Crippen LogP contribution >= 0.6 is 0 Å². The van der Waals surface area contributed by atoms with E-state index in [-0.39, 0.29) is 0 Å². The van der Waals surface area contributed by atoms with E-state index >= 15 is 0 Å². The van der Waals surface area contributed by atoms with Gasteiger partial charge in [-0.25, -0.2) is 0 Å². The van der Waals surface area contributed by atoms with E-state index in [0.29, 0.717) is 6.42 Å². The zero-order valence-corrected chi connectivity index (χ0v) is 26.3. The van der Waals surface area contributed by atoms with E-state index in [4.69, 9.17) is 15.1 Å². The summed E-state index contributed by atoms with van der Waals surface area (Å²) in [5.74, 6) is -0.653. The second-order valence-electron chi connectivity index (χ2n) is 9.95. The molecular weight excluding hydrogens is 488 g/mol. The monoisotopic (exact) mass is 551 g/mol. The van der Waals surface area contributed by atoms with E-state index in [2.05, 4.69) is 27.7 Å². The molecule has 0 aliphatic heterocycles. The Morgan fingerprint density at radius 1 is 0.472 bits per heavy atom. The summed E-state index contributed by atoms with van der Waals surface area (Å²) in [6, 6.07) is 0. The van der Waals surface area contributed by atoms with E-state index in [0.717, 1.165) is 71.2 Å². The molecule has 0 aromatic heterocycles. The molecule has 0 unspecified atom stereocenters. The molecule has 36 heavy (non-hydrogen) atoms. The van der Waals surface area contributed by atoms with Gasteiger partial charge in [0.1, 0.15) is 0 Å². The Labute approximate surface area is 233 Å². The van der Waals surface area contributed by atoms with Gasteiger partial charge in [-0.3, -0.25) is 4.79 Å². The van der Waals surface area contributed by atoms with Crippen LogP contribution in [0, 0.1) is 0 Å². The fourth-order valence-electron chi connectivity index (χ4n) is 3.67. The third-order valence-electron chi connectivity index (χ3n) is 6.15. The van der Waals surface area contributed by atoms with Crippen LogP contribution in [-0.4, -0.2) is 30.9 Å². The molecule has 5 nitrogen and oxygen atoms in total. The Balaban J connectivity index is 0. The molecule has 0 amide bonds. The molecule has 0 aliphatic carbocycles. The van der Waals surface area contributed by atoms with Gasteiger partial charge in [-0.1, -0.05) is 96.8 Å². The van der Waals surface area contributed by atoms with Crippen LogP contribution in [0.15, 0.2) is 0 Å². The zero-order chi connectivity index (χ0) is 27.0. The molecule has 0 fully saturated rings. The predicted molar refractivity (Wildman–Crippen MR) is 150 cm³/mol. The summed E-state index contributed by atoms with van der Waals surface area (Å²) in [5, 5.41) is 8.52. The SMILES string of the molecule is CCCCCCCCCCCCCCCCCC(=O)O.CCCC[O][Ti]([O]CCCC)[O]CCCC. The van der Waals surface area contributed by atoms with Crippen LogP contribution < -0.4 is 0 Å². The van der Waals surface area contributed by atoms with Crippen molar-refractivity contribution >= 4 is 5.97 Å². The third kappa shape index (κ3) is 36.2. The molecule has 0 rings (SSSR count). The number of unbranched alkanes of at least 4 members (excludes halogenated alkanes) is 17. The molecule has 217 valence electrons. The van der Waals surface area contributed by atoms with Gasteiger partial charge in [0.25, 0.3) is 0 Å². The minimum absolute atomic E-state index is 0.345. The zero-order valence-electron chi connectivity index (χ0n) is 24.8. The van der Waals surface area contributed by atoms with Crippen LogP contribution in [0.1, 0.15) is 169 Å². The molecule has 0 aliphatic rings. The number of carboxylic acids is 1. The molecular formula is C30H63O5Ti. The Hall–Kier alpha value is 0.0643. The molecule has 0 atom stereocenters. The summed E-state index contributed by atoms with van der Waals surface area (Å²) < 4.78 is 17.1. The van der Waals surface area contributed by atoms with Crippen molar-refractivity contribution in [3.63, 3.8) is 0 Å². The van der Waals surface area contributed by atoms with Gasteiger partial charge in [0.15, 0.2) is 0 Å². The molecule has 0 spiro atoms. The van der Waals surface area contributed by atoms with Crippen molar-refractivity contribution in [1.29, 1.82) is 0 Å². The normalized spacial score (nSPS) is 10.8. The minimum atomic E-state index is -2.10. The molecule has 0 bridgehead atoms. The van der Waals surface area contributed by atoms with Crippen LogP contribution in [0.5, 0.6) is 0 Å². The summed E-state index contributed by atoms with van der Waals surface area (Å²) in [5.41, 5.74) is 0. The molecule has 0 aromatic rings.